The lowest BCUT2D eigenvalue weighted by Gasteiger charge is -2.17. The van der Waals surface area contributed by atoms with E-state index in [0.717, 1.165) is 6.07 Å². The van der Waals surface area contributed by atoms with Crippen molar-refractivity contribution in [3.8, 4) is 18.1 Å². The minimum atomic E-state index is -5.91. The molecule has 0 heterocycles. The highest BCUT2D eigenvalue weighted by atomic mass is 32.2. The summed E-state index contributed by atoms with van der Waals surface area (Å²) in [5.74, 6) is -2.08. The second-order valence-electron chi connectivity index (χ2n) is 4.74. The fourth-order valence-corrected chi connectivity index (χ4v) is 3.28. The number of ether oxygens (including phenoxy) is 1. The molecule has 1 aromatic rings. The number of halogens is 5. The molecule has 0 unspecified atom stereocenters. The van der Waals surface area contributed by atoms with E-state index in [0.29, 0.717) is 6.07 Å². The maximum absolute atomic E-state index is 13.7. The molecule has 0 saturated carbocycles. The quantitative estimate of drug-likeness (QED) is 0.666. The van der Waals surface area contributed by atoms with Crippen LogP contribution in [-0.2, 0) is 16.3 Å². The van der Waals surface area contributed by atoms with Crippen molar-refractivity contribution in [2.75, 3.05) is 6.61 Å². The van der Waals surface area contributed by atoms with Crippen LogP contribution in [0.4, 0.5) is 22.0 Å². The maximum Gasteiger partial charge on any atom is 0.501 e. The molecule has 4 nitrogen and oxygen atoms in total. The predicted molar refractivity (Wildman–Crippen MR) is 67.6 cm³/mol. The van der Waals surface area contributed by atoms with E-state index in [4.69, 9.17) is 11.2 Å². The lowest BCUT2D eigenvalue weighted by atomic mass is 10.1. The first-order valence-corrected chi connectivity index (χ1v) is 7.51. The van der Waals surface area contributed by atoms with E-state index in [1.807, 2.05) is 5.92 Å². The summed E-state index contributed by atoms with van der Waals surface area (Å²) in [5, 5.41) is 9.59. The predicted octanol–water partition coefficient (Wildman–Crippen LogP) is 2.22. The van der Waals surface area contributed by atoms with Crippen molar-refractivity contribution < 1.29 is 40.2 Å². The van der Waals surface area contributed by atoms with Crippen LogP contribution in [0.2, 0.25) is 0 Å². The average Bonchev–Trinajstić information content (AvgIpc) is 2.66. The lowest BCUT2D eigenvalue weighted by molar-refractivity contribution is -0.0978. The molecule has 0 aromatic heterocycles. The molecule has 0 bridgehead atoms. The van der Waals surface area contributed by atoms with Crippen molar-refractivity contribution in [1.29, 1.82) is 0 Å². The van der Waals surface area contributed by atoms with Crippen LogP contribution in [-0.4, -0.2) is 31.6 Å². The number of aliphatic hydroxyl groups is 1. The van der Waals surface area contributed by atoms with Gasteiger partial charge in [0.15, 0.2) is 0 Å². The third-order valence-corrected chi connectivity index (χ3v) is 4.81. The van der Waals surface area contributed by atoms with Crippen molar-refractivity contribution in [2.24, 2.45) is 0 Å². The molecule has 1 aliphatic rings. The Bertz CT molecular complexity index is 777. The molecule has 1 N–H and O–H groups in total. The number of fused-ring (bicyclic) bond motifs is 1. The third kappa shape index (κ3) is 2.74. The summed E-state index contributed by atoms with van der Waals surface area (Å²) < 4.78 is 93.5. The van der Waals surface area contributed by atoms with Crippen molar-refractivity contribution in [2.45, 2.75) is 28.9 Å². The summed E-state index contributed by atoms with van der Waals surface area (Å²) >= 11 is 0. The molecular weight excluding hydrogens is 347 g/mol. The highest BCUT2D eigenvalue weighted by Gasteiger charge is 2.55. The summed E-state index contributed by atoms with van der Waals surface area (Å²) in [6.45, 7) is -0.362. The van der Waals surface area contributed by atoms with E-state index < -0.39 is 49.8 Å². The van der Waals surface area contributed by atoms with Gasteiger partial charge in [0.05, 0.1) is 4.90 Å². The minimum Gasteiger partial charge on any atom is -0.481 e. The number of sulfone groups is 1. The standard InChI is InChI=1S/C13H9F5O4S/c1-2-5-22-8-3-4-9(23(20,21)13(16,17)18)10-7(8)6-12(14,15)11(10)19/h1,3-4,11,19H,5-6H2/t11-/m0/s1. The number of benzene rings is 1. The minimum absolute atomic E-state index is 0.296. The number of rotatable bonds is 3. The molecule has 0 aliphatic heterocycles. The fraction of sp³-hybridized carbons (Fsp3) is 0.385. The summed E-state index contributed by atoms with van der Waals surface area (Å²) in [7, 11) is -5.91. The maximum atomic E-state index is 13.7. The molecular formula is C13H9F5O4S. The van der Waals surface area contributed by atoms with Crippen molar-refractivity contribution in [3.05, 3.63) is 23.3 Å². The molecule has 1 aliphatic carbocycles. The van der Waals surface area contributed by atoms with Gasteiger partial charge in [-0.05, 0) is 12.1 Å². The lowest BCUT2D eigenvalue weighted by Crippen LogP contribution is -2.26. The number of terminal acetylenes is 1. The smallest absolute Gasteiger partial charge is 0.481 e. The second-order valence-corrected chi connectivity index (χ2v) is 6.65. The molecule has 2 rings (SSSR count). The zero-order chi connectivity index (χ0) is 17.6. The topological polar surface area (TPSA) is 63.6 Å². The first-order chi connectivity index (χ1) is 10.4. The Morgan fingerprint density at radius 1 is 1.39 bits per heavy atom. The van der Waals surface area contributed by atoms with Gasteiger partial charge in [0, 0.05) is 17.5 Å². The van der Waals surface area contributed by atoms with Gasteiger partial charge in [-0.1, -0.05) is 5.92 Å². The summed E-state index contributed by atoms with van der Waals surface area (Å²) in [5.41, 5.74) is -7.22. The summed E-state index contributed by atoms with van der Waals surface area (Å²) in [6, 6.07) is 1.28. The largest absolute Gasteiger partial charge is 0.501 e. The monoisotopic (exact) mass is 356 g/mol. The average molecular weight is 356 g/mol. The third-order valence-electron chi connectivity index (χ3n) is 3.27. The van der Waals surface area contributed by atoms with Crippen molar-refractivity contribution in [1.82, 2.24) is 0 Å². The zero-order valence-corrected chi connectivity index (χ0v) is 12.0. The Labute approximate surface area is 127 Å². The van der Waals surface area contributed by atoms with Gasteiger partial charge in [0.25, 0.3) is 15.8 Å². The van der Waals surface area contributed by atoms with E-state index in [2.05, 4.69) is 0 Å². The van der Waals surface area contributed by atoms with E-state index in [9.17, 15) is 35.5 Å². The van der Waals surface area contributed by atoms with Crippen LogP contribution >= 0.6 is 0 Å². The first kappa shape index (κ1) is 17.5. The van der Waals surface area contributed by atoms with Gasteiger partial charge < -0.3 is 9.84 Å². The molecule has 126 valence electrons. The Morgan fingerprint density at radius 3 is 2.52 bits per heavy atom. The van der Waals surface area contributed by atoms with Gasteiger partial charge in [0.2, 0.25) is 0 Å². The van der Waals surface area contributed by atoms with E-state index in [1.54, 1.807) is 0 Å². The highest BCUT2D eigenvalue weighted by Crippen LogP contribution is 2.50. The Balaban J connectivity index is 2.72. The number of hydrogen-bond donors (Lipinski definition) is 1. The Kier molecular flexibility index (Phi) is 4.07. The van der Waals surface area contributed by atoms with Crippen molar-refractivity contribution in [3.63, 3.8) is 0 Å². The molecule has 0 fully saturated rings. The molecule has 0 amide bonds. The molecule has 0 radical (unpaired) electrons. The zero-order valence-electron chi connectivity index (χ0n) is 11.2. The van der Waals surface area contributed by atoms with E-state index >= 15 is 0 Å². The molecule has 1 atom stereocenters. The van der Waals surface area contributed by atoms with Gasteiger partial charge in [0.1, 0.15) is 18.5 Å². The van der Waals surface area contributed by atoms with Crippen molar-refractivity contribution >= 4 is 9.84 Å². The van der Waals surface area contributed by atoms with Gasteiger partial charge >= 0.3 is 5.51 Å². The van der Waals surface area contributed by atoms with Crippen LogP contribution in [0, 0.1) is 12.3 Å². The molecule has 1 aromatic carbocycles. The van der Waals surface area contributed by atoms with Crippen LogP contribution in [0.25, 0.3) is 0 Å². The number of alkyl halides is 5. The molecule has 0 saturated heterocycles. The van der Waals surface area contributed by atoms with E-state index in [1.165, 1.54) is 0 Å². The second kappa shape index (κ2) is 5.35. The molecule has 0 spiro atoms. The number of aliphatic hydroxyl groups excluding tert-OH is 1. The van der Waals surface area contributed by atoms with E-state index in [-0.39, 0.29) is 12.4 Å². The van der Waals surface area contributed by atoms with Crippen LogP contribution in [0.1, 0.15) is 17.2 Å². The Hall–Kier alpha value is -1.86. The van der Waals surface area contributed by atoms with Crippen LogP contribution in [0.3, 0.4) is 0 Å². The number of hydrogen-bond acceptors (Lipinski definition) is 4. The first-order valence-electron chi connectivity index (χ1n) is 6.02. The molecule has 23 heavy (non-hydrogen) atoms. The molecule has 10 heteroatoms. The van der Waals surface area contributed by atoms with Gasteiger partial charge in [-0.25, -0.2) is 17.2 Å². The Morgan fingerprint density at radius 2 is 2.00 bits per heavy atom. The van der Waals surface area contributed by atoms with Crippen LogP contribution in [0.5, 0.6) is 5.75 Å². The normalized spacial score (nSPS) is 20.0. The fourth-order valence-electron chi connectivity index (χ4n) is 2.26. The van der Waals surface area contributed by atoms with Crippen LogP contribution < -0.4 is 4.74 Å². The van der Waals surface area contributed by atoms with Gasteiger partial charge in [-0.3, -0.25) is 0 Å². The van der Waals surface area contributed by atoms with Gasteiger partial charge in [-0.2, -0.15) is 13.2 Å². The van der Waals surface area contributed by atoms with Crippen LogP contribution in [0.15, 0.2) is 17.0 Å². The summed E-state index contributed by atoms with van der Waals surface area (Å²) in [4.78, 5) is -1.42. The SMILES string of the molecule is C#CCOc1ccc(S(=O)(=O)C(F)(F)F)c2c1CC(F)(F)[C@H]2O. The van der Waals surface area contributed by atoms with Gasteiger partial charge in [-0.15, -0.1) is 6.42 Å². The highest BCUT2D eigenvalue weighted by molar-refractivity contribution is 7.92. The summed E-state index contributed by atoms with van der Waals surface area (Å²) in [6.07, 6.45) is 1.08.